The third kappa shape index (κ3) is 3.08. The zero-order chi connectivity index (χ0) is 27.1. The molecule has 0 unspecified atom stereocenters. The lowest BCUT2D eigenvalue weighted by Gasteiger charge is -2.15. The molecule has 0 saturated carbocycles. The minimum Gasteiger partial charge on any atom is -0.275 e. The zero-order valence-electron chi connectivity index (χ0n) is 22.7. The first-order chi connectivity index (χ1) is 19.5. The highest BCUT2D eigenvalue weighted by atomic mass is 16.1. The molecule has 2 heterocycles. The van der Waals surface area contributed by atoms with Gasteiger partial charge >= 0.3 is 0 Å². The van der Waals surface area contributed by atoms with Gasteiger partial charge in [0.05, 0.1) is 11.0 Å². The number of allylic oxidation sites excluding steroid dienone is 1. The van der Waals surface area contributed by atoms with E-state index in [0.29, 0.717) is 0 Å². The molecule has 0 atom stereocenters. The number of nitrogens with zero attached hydrogens (tertiary/aromatic N) is 1. The summed E-state index contributed by atoms with van der Waals surface area (Å²) < 4.78 is 1.91. The molecule has 6 aromatic carbocycles. The van der Waals surface area contributed by atoms with Crippen LogP contribution in [0.4, 0.5) is 0 Å². The van der Waals surface area contributed by atoms with Crippen molar-refractivity contribution < 1.29 is 0 Å². The summed E-state index contributed by atoms with van der Waals surface area (Å²) in [6.07, 6.45) is 2.32. The Morgan fingerprint density at radius 3 is 1.85 bits per heavy atom. The molecule has 0 aliphatic carbocycles. The Kier molecular flexibility index (Phi) is 4.75. The van der Waals surface area contributed by atoms with Crippen LogP contribution in [0.15, 0.2) is 113 Å². The highest BCUT2D eigenvalue weighted by Crippen LogP contribution is 2.40. The normalized spacial score (nSPS) is 12.0. The molecule has 0 aliphatic rings. The van der Waals surface area contributed by atoms with Crippen LogP contribution in [0.2, 0.25) is 0 Å². The SMILES string of the molecule is CC(C)=Cc1c(C)c2ccccc2c2ccc(-c3cc4c5ccccc5c(=O)n5c6ccccc6c(c3)c45)cc12. The van der Waals surface area contributed by atoms with Gasteiger partial charge in [0.25, 0.3) is 5.56 Å². The van der Waals surface area contributed by atoms with Crippen LogP contribution in [0.5, 0.6) is 0 Å². The lowest BCUT2D eigenvalue weighted by Crippen LogP contribution is -2.12. The average Bonchev–Trinajstić information content (AvgIpc) is 3.32. The molecule has 8 rings (SSSR count). The molecule has 190 valence electrons. The Balaban J connectivity index is 1.52. The van der Waals surface area contributed by atoms with E-state index in [4.69, 9.17) is 0 Å². The fourth-order valence-electron chi connectivity index (χ4n) is 6.75. The maximum absolute atomic E-state index is 13.7. The standard InChI is InChI=1S/C38H27NO/c1-22(2)18-32-23(3)26-10-4-5-11-27(26)29-17-16-24(19-33(29)32)25-20-34-28-12-6-7-14-31(28)38(40)39-36-15-9-8-13-30(36)35(21-25)37(34)39/h4-21H,1-3H3. The molecular formula is C38H27NO. The molecule has 0 spiro atoms. The van der Waals surface area contributed by atoms with Crippen LogP contribution in [0, 0.1) is 6.92 Å². The van der Waals surface area contributed by atoms with Crippen molar-refractivity contribution in [3.63, 3.8) is 0 Å². The number of pyridine rings is 1. The summed E-state index contributed by atoms with van der Waals surface area (Å²) >= 11 is 0. The van der Waals surface area contributed by atoms with Crippen LogP contribution < -0.4 is 5.56 Å². The first kappa shape index (κ1) is 23.0. The van der Waals surface area contributed by atoms with E-state index >= 15 is 0 Å². The van der Waals surface area contributed by atoms with Gasteiger partial charge in [0.1, 0.15) is 0 Å². The second-order valence-electron chi connectivity index (χ2n) is 11.2. The molecule has 2 aromatic heterocycles. The predicted octanol–water partition coefficient (Wildman–Crippen LogP) is 9.90. The van der Waals surface area contributed by atoms with Crippen molar-refractivity contribution in [1.82, 2.24) is 4.40 Å². The fraction of sp³-hybridized carbons (Fsp3) is 0.0789. The van der Waals surface area contributed by atoms with E-state index in [1.54, 1.807) is 0 Å². The summed E-state index contributed by atoms with van der Waals surface area (Å²) in [5.41, 5.74) is 8.21. The molecule has 8 aromatic rings. The van der Waals surface area contributed by atoms with E-state index < -0.39 is 0 Å². The lowest BCUT2D eigenvalue weighted by atomic mass is 9.89. The molecule has 0 amide bonds. The molecule has 2 heteroatoms. The van der Waals surface area contributed by atoms with Crippen LogP contribution in [-0.2, 0) is 0 Å². The molecule has 0 saturated heterocycles. The van der Waals surface area contributed by atoms with E-state index in [9.17, 15) is 4.79 Å². The lowest BCUT2D eigenvalue weighted by molar-refractivity contribution is 1.21. The third-order valence-electron chi connectivity index (χ3n) is 8.52. The Morgan fingerprint density at radius 1 is 0.575 bits per heavy atom. The number of benzene rings is 6. The summed E-state index contributed by atoms with van der Waals surface area (Å²) in [6.45, 7) is 6.57. The van der Waals surface area contributed by atoms with E-state index in [1.165, 1.54) is 43.8 Å². The number of fused-ring (bicyclic) bond motifs is 8. The number of hydrogen-bond donors (Lipinski definition) is 0. The van der Waals surface area contributed by atoms with E-state index in [1.807, 2.05) is 28.7 Å². The Bertz CT molecular complexity index is 2420. The predicted molar refractivity (Wildman–Crippen MR) is 172 cm³/mol. The van der Waals surface area contributed by atoms with Crippen molar-refractivity contribution in [3.05, 3.63) is 130 Å². The van der Waals surface area contributed by atoms with Crippen molar-refractivity contribution >= 4 is 65.6 Å². The van der Waals surface area contributed by atoms with Crippen molar-refractivity contribution in [2.75, 3.05) is 0 Å². The smallest absolute Gasteiger partial charge is 0.263 e. The van der Waals surface area contributed by atoms with Crippen LogP contribution in [0.25, 0.3) is 76.7 Å². The van der Waals surface area contributed by atoms with Crippen molar-refractivity contribution in [2.45, 2.75) is 20.8 Å². The third-order valence-corrected chi connectivity index (χ3v) is 8.52. The number of rotatable bonds is 2. The van der Waals surface area contributed by atoms with Gasteiger partial charge in [-0.3, -0.25) is 9.20 Å². The maximum Gasteiger partial charge on any atom is 0.263 e. The minimum absolute atomic E-state index is 0.0430. The highest BCUT2D eigenvalue weighted by Gasteiger charge is 2.19. The van der Waals surface area contributed by atoms with Crippen molar-refractivity contribution in [3.8, 4) is 11.1 Å². The first-order valence-electron chi connectivity index (χ1n) is 13.8. The van der Waals surface area contributed by atoms with Gasteiger partial charge in [-0.15, -0.1) is 0 Å². The number of para-hydroxylation sites is 1. The number of hydrogen-bond acceptors (Lipinski definition) is 1. The van der Waals surface area contributed by atoms with Gasteiger partial charge in [0.15, 0.2) is 0 Å². The summed E-state index contributed by atoms with van der Waals surface area (Å²) in [7, 11) is 0. The number of aromatic nitrogens is 1. The second-order valence-corrected chi connectivity index (χ2v) is 11.2. The summed E-state index contributed by atoms with van der Waals surface area (Å²) in [5, 5.41) is 10.2. The zero-order valence-corrected chi connectivity index (χ0v) is 22.7. The topological polar surface area (TPSA) is 21.5 Å². The van der Waals surface area contributed by atoms with Gasteiger partial charge < -0.3 is 0 Å². The van der Waals surface area contributed by atoms with Gasteiger partial charge in [-0.25, -0.2) is 0 Å². The average molecular weight is 514 g/mol. The van der Waals surface area contributed by atoms with E-state index in [-0.39, 0.29) is 5.56 Å². The van der Waals surface area contributed by atoms with Gasteiger partial charge in [-0.1, -0.05) is 84.4 Å². The number of aryl methyl sites for hydroxylation is 1. The summed E-state index contributed by atoms with van der Waals surface area (Å²) in [4.78, 5) is 13.7. The molecule has 0 radical (unpaired) electrons. The van der Waals surface area contributed by atoms with E-state index in [0.717, 1.165) is 43.5 Å². The molecule has 2 nitrogen and oxygen atoms in total. The Morgan fingerprint density at radius 2 is 1.12 bits per heavy atom. The Hall–Kier alpha value is -4.95. The van der Waals surface area contributed by atoms with Crippen molar-refractivity contribution in [2.24, 2.45) is 0 Å². The first-order valence-corrected chi connectivity index (χ1v) is 13.8. The minimum atomic E-state index is 0.0430. The van der Waals surface area contributed by atoms with Crippen LogP contribution in [-0.4, -0.2) is 4.40 Å². The molecule has 0 fully saturated rings. The van der Waals surface area contributed by atoms with Gasteiger partial charge in [-0.05, 0) is 100 Å². The molecule has 40 heavy (non-hydrogen) atoms. The fourth-order valence-corrected chi connectivity index (χ4v) is 6.75. The molecule has 0 aliphatic heterocycles. The van der Waals surface area contributed by atoms with Gasteiger partial charge in [0.2, 0.25) is 0 Å². The second kappa shape index (κ2) is 8.27. The summed E-state index contributed by atoms with van der Waals surface area (Å²) in [5.74, 6) is 0. The molecule has 0 bridgehead atoms. The van der Waals surface area contributed by atoms with Gasteiger partial charge in [-0.2, -0.15) is 0 Å². The Labute approximate surface area is 231 Å². The summed E-state index contributed by atoms with van der Waals surface area (Å²) in [6, 6.07) is 36.4. The van der Waals surface area contributed by atoms with Crippen LogP contribution >= 0.6 is 0 Å². The monoisotopic (exact) mass is 513 g/mol. The van der Waals surface area contributed by atoms with Crippen LogP contribution in [0.3, 0.4) is 0 Å². The van der Waals surface area contributed by atoms with Gasteiger partial charge in [0, 0.05) is 21.5 Å². The van der Waals surface area contributed by atoms with E-state index in [2.05, 4.69) is 106 Å². The largest absolute Gasteiger partial charge is 0.275 e. The van der Waals surface area contributed by atoms with Crippen molar-refractivity contribution in [1.29, 1.82) is 0 Å². The molecular weight excluding hydrogens is 486 g/mol. The highest BCUT2D eigenvalue weighted by molar-refractivity contribution is 6.22. The quantitative estimate of drug-likeness (QED) is 0.211. The molecule has 0 N–H and O–H groups in total. The van der Waals surface area contributed by atoms with Crippen LogP contribution in [0.1, 0.15) is 25.0 Å². The maximum atomic E-state index is 13.7.